The van der Waals surface area contributed by atoms with Crippen LogP contribution in [0, 0.1) is 0 Å². The summed E-state index contributed by atoms with van der Waals surface area (Å²) in [6.07, 6.45) is 4.15. The molecule has 0 spiro atoms. The molecule has 3 heterocycles. The second kappa shape index (κ2) is 10.6. The molecule has 0 bridgehead atoms. The van der Waals surface area contributed by atoms with Gasteiger partial charge in [0.15, 0.2) is 11.4 Å². The molecule has 0 N–H and O–H groups in total. The summed E-state index contributed by atoms with van der Waals surface area (Å²) in [5, 5.41) is 0. The van der Waals surface area contributed by atoms with Gasteiger partial charge in [-0.15, -0.1) is 0 Å². The molecule has 0 aliphatic carbocycles. The van der Waals surface area contributed by atoms with Crippen LogP contribution in [0.2, 0.25) is 0 Å². The van der Waals surface area contributed by atoms with E-state index in [0.717, 1.165) is 28.2 Å². The number of pyridine rings is 1. The highest BCUT2D eigenvalue weighted by atomic mass is 16.5. The first-order valence-corrected chi connectivity index (χ1v) is 11.8. The number of benzene rings is 2. The van der Waals surface area contributed by atoms with E-state index in [0.29, 0.717) is 45.1 Å². The molecule has 7 heteroatoms. The van der Waals surface area contributed by atoms with Gasteiger partial charge in [0, 0.05) is 37.8 Å². The van der Waals surface area contributed by atoms with Crippen LogP contribution in [-0.2, 0) is 16.1 Å². The third kappa shape index (κ3) is 5.15. The molecule has 5 rings (SSSR count). The van der Waals surface area contributed by atoms with Crippen molar-refractivity contribution in [2.75, 3.05) is 33.4 Å². The summed E-state index contributed by atoms with van der Waals surface area (Å²) in [5.74, 6) is 1.37. The number of imidazole rings is 1. The molecule has 0 saturated carbocycles. The molecule has 180 valence electrons. The zero-order chi connectivity index (χ0) is 24.0. The summed E-state index contributed by atoms with van der Waals surface area (Å²) in [5.41, 5.74) is 3.75. The van der Waals surface area contributed by atoms with E-state index in [9.17, 15) is 4.79 Å². The minimum atomic E-state index is -0.195. The normalized spacial score (nSPS) is 14.6. The second-order valence-corrected chi connectivity index (χ2v) is 8.55. The largest absolute Gasteiger partial charge is 0.497 e. The van der Waals surface area contributed by atoms with E-state index in [4.69, 9.17) is 19.2 Å². The van der Waals surface area contributed by atoms with Crippen LogP contribution in [0.5, 0.6) is 11.5 Å². The molecule has 1 amide bonds. The number of amides is 1. The molecule has 1 fully saturated rings. The van der Waals surface area contributed by atoms with Crippen molar-refractivity contribution in [3.05, 3.63) is 95.9 Å². The van der Waals surface area contributed by atoms with Gasteiger partial charge in [-0.05, 0) is 35.4 Å². The Kier molecular flexibility index (Phi) is 6.95. The maximum atomic E-state index is 13.3. The number of morpholine rings is 1. The fourth-order valence-corrected chi connectivity index (χ4v) is 4.48. The van der Waals surface area contributed by atoms with Gasteiger partial charge in [-0.3, -0.25) is 4.79 Å². The first-order chi connectivity index (χ1) is 17.2. The Hall–Kier alpha value is -3.84. The quantitative estimate of drug-likeness (QED) is 0.383. The lowest BCUT2D eigenvalue weighted by atomic mass is 9.91. The minimum absolute atomic E-state index is 0.104. The molecule has 1 aliphatic rings. The molecule has 2 aromatic carbocycles. The summed E-state index contributed by atoms with van der Waals surface area (Å²) in [6, 6.07) is 21.8. The number of fused-ring (bicyclic) bond motifs is 1. The highest BCUT2D eigenvalue weighted by Gasteiger charge is 2.26. The first kappa shape index (κ1) is 22.9. The second-order valence-electron chi connectivity index (χ2n) is 8.55. The van der Waals surface area contributed by atoms with Gasteiger partial charge in [-0.1, -0.05) is 42.5 Å². The molecular formula is C28H29N3O4. The Morgan fingerprint density at radius 2 is 1.89 bits per heavy atom. The van der Waals surface area contributed by atoms with Crippen LogP contribution in [0.3, 0.4) is 0 Å². The Balaban J connectivity index is 1.48. The zero-order valence-electron chi connectivity index (χ0n) is 19.8. The summed E-state index contributed by atoms with van der Waals surface area (Å²) >= 11 is 0. The van der Waals surface area contributed by atoms with E-state index in [1.165, 1.54) is 0 Å². The molecule has 2 aromatic heterocycles. The molecule has 1 aliphatic heterocycles. The SMILES string of the molecule is COc1cccc(C(CC(=O)N2CCOCC2)c2cnc3c(OCc4ccccc4)cccn23)c1. The molecule has 4 aromatic rings. The molecule has 35 heavy (non-hydrogen) atoms. The average Bonchev–Trinajstić information content (AvgIpc) is 3.36. The smallest absolute Gasteiger partial charge is 0.223 e. The lowest BCUT2D eigenvalue weighted by Crippen LogP contribution is -2.41. The molecule has 1 atom stereocenters. The van der Waals surface area contributed by atoms with Crippen molar-refractivity contribution in [1.82, 2.24) is 14.3 Å². The van der Waals surface area contributed by atoms with Gasteiger partial charge >= 0.3 is 0 Å². The van der Waals surface area contributed by atoms with Crippen LogP contribution in [0.25, 0.3) is 5.65 Å². The zero-order valence-corrected chi connectivity index (χ0v) is 19.8. The van der Waals surface area contributed by atoms with Gasteiger partial charge in [-0.25, -0.2) is 4.98 Å². The minimum Gasteiger partial charge on any atom is -0.497 e. The van der Waals surface area contributed by atoms with E-state index >= 15 is 0 Å². The van der Waals surface area contributed by atoms with Crippen molar-refractivity contribution in [2.45, 2.75) is 18.9 Å². The first-order valence-electron chi connectivity index (χ1n) is 11.8. The highest BCUT2D eigenvalue weighted by molar-refractivity contribution is 5.78. The molecular weight excluding hydrogens is 442 g/mol. The number of aromatic nitrogens is 2. The maximum Gasteiger partial charge on any atom is 0.223 e. The van der Waals surface area contributed by atoms with Gasteiger partial charge in [0.1, 0.15) is 12.4 Å². The van der Waals surface area contributed by atoms with Crippen LogP contribution in [0.15, 0.2) is 79.1 Å². The Labute approximate surface area is 204 Å². The maximum absolute atomic E-state index is 13.3. The van der Waals surface area contributed by atoms with Gasteiger partial charge in [0.2, 0.25) is 5.91 Å². The van der Waals surface area contributed by atoms with Crippen molar-refractivity contribution in [3.63, 3.8) is 0 Å². The fourth-order valence-electron chi connectivity index (χ4n) is 4.48. The fraction of sp³-hybridized carbons (Fsp3) is 0.286. The molecule has 1 saturated heterocycles. The Morgan fingerprint density at radius 3 is 2.69 bits per heavy atom. The lowest BCUT2D eigenvalue weighted by molar-refractivity contribution is -0.135. The summed E-state index contributed by atoms with van der Waals surface area (Å²) in [6.45, 7) is 2.85. The van der Waals surface area contributed by atoms with E-state index in [1.54, 1.807) is 7.11 Å². The summed E-state index contributed by atoms with van der Waals surface area (Å²) < 4.78 is 19.0. The lowest BCUT2D eigenvalue weighted by Gasteiger charge is -2.28. The predicted molar refractivity (Wildman–Crippen MR) is 133 cm³/mol. The number of hydrogen-bond donors (Lipinski definition) is 0. The predicted octanol–water partition coefficient (Wildman–Crippen LogP) is 4.30. The van der Waals surface area contributed by atoms with Gasteiger partial charge in [0.05, 0.1) is 26.0 Å². The number of hydrogen-bond acceptors (Lipinski definition) is 5. The van der Waals surface area contributed by atoms with E-state index in [1.807, 2.05) is 88.4 Å². The van der Waals surface area contributed by atoms with Crippen LogP contribution in [0.1, 0.15) is 29.2 Å². The molecule has 0 radical (unpaired) electrons. The van der Waals surface area contributed by atoms with Crippen molar-refractivity contribution in [3.8, 4) is 11.5 Å². The highest BCUT2D eigenvalue weighted by Crippen LogP contribution is 2.33. The van der Waals surface area contributed by atoms with Crippen molar-refractivity contribution >= 4 is 11.6 Å². The van der Waals surface area contributed by atoms with Crippen LogP contribution < -0.4 is 9.47 Å². The molecule has 7 nitrogen and oxygen atoms in total. The topological polar surface area (TPSA) is 65.3 Å². The Bertz CT molecular complexity index is 1280. The number of carbonyl (C=O) groups is 1. The number of methoxy groups -OCH3 is 1. The van der Waals surface area contributed by atoms with Crippen molar-refractivity contribution in [1.29, 1.82) is 0 Å². The van der Waals surface area contributed by atoms with Crippen molar-refractivity contribution in [2.24, 2.45) is 0 Å². The number of nitrogens with zero attached hydrogens (tertiary/aromatic N) is 3. The summed E-state index contributed by atoms with van der Waals surface area (Å²) in [7, 11) is 1.65. The van der Waals surface area contributed by atoms with Crippen LogP contribution >= 0.6 is 0 Å². The number of ether oxygens (including phenoxy) is 3. The number of rotatable bonds is 8. The van der Waals surface area contributed by atoms with Gasteiger partial charge in [0.25, 0.3) is 0 Å². The van der Waals surface area contributed by atoms with E-state index in [2.05, 4.69) is 0 Å². The third-order valence-corrected chi connectivity index (χ3v) is 6.36. The standard InChI is InChI=1S/C28H29N3O4/c1-33-23-10-5-9-22(17-23)24(18-27(32)30-13-15-34-16-14-30)25-19-29-28-26(11-6-12-31(25)28)35-20-21-7-3-2-4-8-21/h2-12,17,19,24H,13-16,18,20H2,1H3. The number of carbonyl (C=O) groups excluding carboxylic acids is 1. The van der Waals surface area contributed by atoms with Gasteiger partial charge < -0.3 is 23.5 Å². The Morgan fingerprint density at radius 1 is 1.06 bits per heavy atom. The van der Waals surface area contributed by atoms with E-state index in [-0.39, 0.29) is 11.8 Å². The van der Waals surface area contributed by atoms with Crippen LogP contribution in [0.4, 0.5) is 0 Å². The van der Waals surface area contributed by atoms with Crippen molar-refractivity contribution < 1.29 is 19.0 Å². The molecule has 1 unspecified atom stereocenters. The van der Waals surface area contributed by atoms with Crippen LogP contribution in [-0.4, -0.2) is 53.6 Å². The van der Waals surface area contributed by atoms with E-state index < -0.39 is 0 Å². The third-order valence-electron chi connectivity index (χ3n) is 6.36. The average molecular weight is 472 g/mol. The monoisotopic (exact) mass is 471 g/mol. The van der Waals surface area contributed by atoms with Gasteiger partial charge in [-0.2, -0.15) is 0 Å². The summed E-state index contributed by atoms with van der Waals surface area (Å²) in [4.78, 5) is 19.9.